The molecule has 5 nitrogen and oxygen atoms in total. The molecule has 2 N–H and O–H groups in total. The predicted molar refractivity (Wildman–Crippen MR) is 64.2 cm³/mol. The molecule has 17 heavy (non-hydrogen) atoms. The molecule has 2 aliphatic rings. The molecule has 1 aliphatic carbocycles. The van der Waals surface area contributed by atoms with E-state index in [9.17, 15) is 4.79 Å². The van der Waals surface area contributed by atoms with Gasteiger partial charge in [-0.2, -0.15) is 4.98 Å². The van der Waals surface area contributed by atoms with Crippen molar-refractivity contribution < 1.29 is 9.53 Å². The van der Waals surface area contributed by atoms with Crippen LogP contribution < -0.4 is 15.4 Å². The van der Waals surface area contributed by atoms with E-state index < -0.39 is 0 Å². The number of ether oxygens (including phenoxy) is 1. The molecular formula is C12H15N3O2. The SMILES string of the molecule is COc1ccc2c(n1)NC(C1CC1)CC(=O)N2. The smallest absolute Gasteiger partial charge is 0.226 e. The van der Waals surface area contributed by atoms with E-state index in [4.69, 9.17) is 4.74 Å². The fourth-order valence-electron chi connectivity index (χ4n) is 2.18. The zero-order valence-corrected chi connectivity index (χ0v) is 9.69. The van der Waals surface area contributed by atoms with Gasteiger partial charge in [0.05, 0.1) is 12.8 Å². The fraction of sp³-hybridized carbons (Fsp3) is 0.500. The van der Waals surface area contributed by atoms with Gasteiger partial charge in [-0.05, 0) is 24.8 Å². The number of carbonyl (C=O) groups excluding carboxylic acids is 1. The number of aromatic nitrogens is 1. The minimum Gasteiger partial charge on any atom is -0.481 e. The van der Waals surface area contributed by atoms with Gasteiger partial charge in [-0.1, -0.05) is 0 Å². The highest BCUT2D eigenvalue weighted by Crippen LogP contribution is 2.38. The van der Waals surface area contributed by atoms with Crippen LogP contribution in [0.3, 0.4) is 0 Å². The molecule has 0 radical (unpaired) electrons. The second-order valence-electron chi connectivity index (χ2n) is 4.59. The Morgan fingerprint density at radius 1 is 1.41 bits per heavy atom. The number of nitrogens with one attached hydrogen (secondary N) is 2. The number of nitrogens with zero attached hydrogens (tertiary/aromatic N) is 1. The molecule has 0 bridgehead atoms. The fourth-order valence-corrected chi connectivity index (χ4v) is 2.18. The number of pyridine rings is 1. The number of fused-ring (bicyclic) bond motifs is 1. The summed E-state index contributed by atoms with van der Waals surface area (Å²) in [5.41, 5.74) is 0.735. The van der Waals surface area contributed by atoms with Crippen LogP contribution in [-0.4, -0.2) is 24.0 Å². The Balaban J connectivity index is 1.93. The first-order valence-corrected chi connectivity index (χ1v) is 5.87. The Kier molecular flexibility index (Phi) is 2.39. The number of hydrogen-bond donors (Lipinski definition) is 2. The summed E-state index contributed by atoms with van der Waals surface area (Å²) in [6.07, 6.45) is 2.91. The van der Waals surface area contributed by atoms with Gasteiger partial charge in [-0.25, -0.2) is 0 Å². The van der Waals surface area contributed by atoms with Gasteiger partial charge >= 0.3 is 0 Å². The van der Waals surface area contributed by atoms with E-state index in [1.54, 1.807) is 13.2 Å². The number of anilines is 2. The van der Waals surface area contributed by atoms with E-state index in [1.807, 2.05) is 6.07 Å². The third-order valence-electron chi connectivity index (χ3n) is 3.27. The quantitative estimate of drug-likeness (QED) is 0.814. The van der Waals surface area contributed by atoms with E-state index in [1.165, 1.54) is 12.8 Å². The van der Waals surface area contributed by atoms with Crippen molar-refractivity contribution in [3.63, 3.8) is 0 Å². The molecule has 90 valence electrons. The predicted octanol–water partition coefficient (Wildman–Crippen LogP) is 1.62. The van der Waals surface area contributed by atoms with Gasteiger partial charge in [0.2, 0.25) is 11.8 Å². The van der Waals surface area contributed by atoms with Crippen LogP contribution in [0, 0.1) is 5.92 Å². The zero-order valence-electron chi connectivity index (χ0n) is 9.69. The number of methoxy groups -OCH3 is 1. The van der Waals surface area contributed by atoms with Gasteiger partial charge < -0.3 is 15.4 Å². The highest BCUT2D eigenvalue weighted by molar-refractivity contribution is 5.95. The molecule has 1 aromatic heterocycles. The van der Waals surface area contributed by atoms with Crippen molar-refractivity contribution in [2.45, 2.75) is 25.3 Å². The summed E-state index contributed by atoms with van der Waals surface area (Å²) in [6, 6.07) is 3.77. The molecule has 1 amide bonds. The van der Waals surface area contributed by atoms with E-state index >= 15 is 0 Å². The molecular weight excluding hydrogens is 218 g/mol. The average Bonchev–Trinajstić information content (AvgIpc) is 3.13. The first-order chi connectivity index (χ1) is 8.26. The molecule has 1 aliphatic heterocycles. The Morgan fingerprint density at radius 3 is 2.94 bits per heavy atom. The van der Waals surface area contributed by atoms with E-state index in [0.29, 0.717) is 24.0 Å². The van der Waals surface area contributed by atoms with Crippen molar-refractivity contribution in [1.29, 1.82) is 0 Å². The van der Waals surface area contributed by atoms with Crippen LogP contribution in [0.25, 0.3) is 0 Å². The molecule has 5 heteroatoms. The number of hydrogen-bond acceptors (Lipinski definition) is 4. The molecule has 0 saturated heterocycles. The second-order valence-corrected chi connectivity index (χ2v) is 4.59. The van der Waals surface area contributed by atoms with Crippen molar-refractivity contribution in [1.82, 2.24) is 4.98 Å². The molecule has 2 heterocycles. The largest absolute Gasteiger partial charge is 0.481 e. The standard InChI is InChI=1S/C12H15N3O2/c1-17-11-5-4-8-12(15-11)14-9(7-2-3-7)6-10(16)13-8/h4-5,7,9H,2-3,6H2,1H3,(H,13,16)(H,14,15). The van der Waals surface area contributed by atoms with Gasteiger partial charge in [-0.15, -0.1) is 0 Å². The monoisotopic (exact) mass is 233 g/mol. The first kappa shape index (κ1) is 10.4. The zero-order chi connectivity index (χ0) is 11.8. The normalized spacial score (nSPS) is 23.1. The topological polar surface area (TPSA) is 63.2 Å². The maximum absolute atomic E-state index is 11.7. The van der Waals surface area contributed by atoms with Crippen LogP contribution in [0.5, 0.6) is 5.88 Å². The Bertz CT molecular complexity index is 457. The molecule has 1 fully saturated rings. The molecule has 1 unspecified atom stereocenters. The van der Waals surface area contributed by atoms with Crippen molar-refractivity contribution in [3.05, 3.63) is 12.1 Å². The summed E-state index contributed by atoms with van der Waals surface area (Å²) in [5, 5.41) is 6.22. The first-order valence-electron chi connectivity index (χ1n) is 5.87. The number of rotatable bonds is 2. The Labute approximate surface area is 99.6 Å². The molecule has 0 spiro atoms. The molecule has 1 saturated carbocycles. The lowest BCUT2D eigenvalue weighted by atomic mass is 10.1. The third kappa shape index (κ3) is 2.05. The average molecular weight is 233 g/mol. The highest BCUT2D eigenvalue weighted by atomic mass is 16.5. The highest BCUT2D eigenvalue weighted by Gasteiger charge is 2.35. The van der Waals surface area contributed by atoms with Crippen molar-refractivity contribution in [3.8, 4) is 5.88 Å². The lowest BCUT2D eigenvalue weighted by Crippen LogP contribution is -2.24. The Hall–Kier alpha value is -1.78. The maximum atomic E-state index is 11.7. The van der Waals surface area contributed by atoms with Crippen molar-refractivity contribution >= 4 is 17.4 Å². The van der Waals surface area contributed by atoms with E-state index in [-0.39, 0.29) is 11.9 Å². The number of carbonyl (C=O) groups is 1. The van der Waals surface area contributed by atoms with Gasteiger partial charge in [-0.3, -0.25) is 4.79 Å². The molecule has 0 aromatic carbocycles. The maximum Gasteiger partial charge on any atom is 0.226 e. The summed E-state index contributed by atoms with van der Waals surface area (Å²) in [6.45, 7) is 0. The van der Waals surface area contributed by atoms with Crippen LogP contribution in [0.1, 0.15) is 19.3 Å². The second kappa shape index (κ2) is 3.91. The summed E-state index contributed by atoms with van der Waals surface area (Å²) in [5.74, 6) is 1.94. The van der Waals surface area contributed by atoms with E-state index in [0.717, 1.165) is 5.69 Å². The van der Waals surface area contributed by atoms with Crippen LogP contribution in [0.4, 0.5) is 11.5 Å². The molecule has 1 aromatic rings. The molecule has 3 rings (SSSR count). The lowest BCUT2D eigenvalue weighted by Gasteiger charge is -2.15. The lowest BCUT2D eigenvalue weighted by molar-refractivity contribution is -0.116. The van der Waals surface area contributed by atoms with Crippen LogP contribution in [0.15, 0.2) is 12.1 Å². The Morgan fingerprint density at radius 2 is 2.24 bits per heavy atom. The minimum absolute atomic E-state index is 0.0557. The molecule has 1 atom stereocenters. The van der Waals surface area contributed by atoms with Crippen molar-refractivity contribution in [2.24, 2.45) is 5.92 Å². The van der Waals surface area contributed by atoms with Gasteiger partial charge in [0, 0.05) is 18.5 Å². The summed E-state index contributed by atoms with van der Waals surface area (Å²) >= 11 is 0. The van der Waals surface area contributed by atoms with Gasteiger partial charge in [0.1, 0.15) is 0 Å². The van der Waals surface area contributed by atoms with Crippen LogP contribution >= 0.6 is 0 Å². The van der Waals surface area contributed by atoms with Crippen LogP contribution in [-0.2, 0) is 4.79 Å². The summed E-state index contributed by atoms with van der Waals surface area (Å²) in [7, 11) is 1.59. The van der Waals surface area contributed by atoms with Gasteiger partial charge in [0.25, 0.3) is 0 Å². The summed E-state index contributed by atoms with van der Waals surface area (Å²) < 4.78 is 5.10. The number of amides is 1. The minimum atomic E-state index is 0.0557. The van der Waals surface area contributed by atoms with Crippen molar-refractivity contribution in [2.75, 3.05) is 17.7 Å². The summed E-state index contributed by atoms with van der Waals surface area (Å²) in [4.78, 5) is 16.1. The van der Waals surface area contributed by atoms with Crippen LogP contribution in [0.2, 0.25) is 0 Å². The van der Waals surface area contributed by atoms with E-state index in [2.05, 4.69) is 15.6 Å². The third-order valence-corrected chi connectivity index (χ3v) is 3.27. The van der Waals surface area contributed by atoms with Gasteiger partial charge in [0.15, 0.2) is 5.82 Å².